The summed E-state index contributed by atoms with van der Waals surface area (Å²) in [7, 11) is 0. The van der Waals surface area contributed by atoms with Crippen LogP contribution >= 0.6 is 11.6 Å². The molecule has 1 heterocycles. The van der Waals surface area contributed by atoms with Crippen LogP contribution in [0.4, 0.5) is 13.2 Å². The van der Waals surface area contributed by atoms with Gasteiger partial charge in [0.25, 0.3) is 0 Å². The van der Waals surface area contributed by atoms with E-state index in [0.29, 0.717) is 5.15 Å². The zero-order valence-electron chi connectivity index (χ0n) is 5.40. The van der Waals surface area contributed by atoms with Crippen LogP contribution in [0.3, 0.4) is 0 Å². The van der Waals surface area contributed by atoms with Gasteiger partial charge in [0.2, 0.25) is 6.93 Å². The van der Waals surface area contributed by atoms with E-state index < -0.39 is 6.93 Å². The van der Waals surface area contributed by atoms with Crippen LogP contribution in [0.25, 0.3) is 0 Å². The van der Waals surface area contributed by atoms with Crippen LogP contribution in [-0.4, -0.2) is 11.9 Å². The van der Waals surface area contributed by atoms with E-state index in [1.54, 1.807) is 0 Å². The third kappa shape index (κ3) is 5.66. The van der Waals surface area contributed by atoms with E-state index in [2.05, 4.69) is 4.98 Å². The van der Waals surface area contributed by atoms with Crippen molar-refractivity contribution < 1.29 is 13.2 Å². The average molecular weight is 184 g/mol. The fourth-order valence-electron chi connectivity index (χ4n) is 0.358. The maximum absolute atomic E-state index is 12.0. The quantitative estimate of drug-likeness (QED) is 0.564. The maximum Gasteiger partial charge on any atom is 0.229 e. The summed E-state index contributed by atoms with van der Waals surface area (Å²) in [5.74, 6) is -0.366. The van der Waals surface area contributed by atoms with Crippen molar-refractivity contribution in [2.75, 3.05) is 6.93 Å². The van der Waals surface area contributed by atoms with Gasteiger partial charge in [-0.05, 0) is 12.1 Å². The van der Waals surface area contributed by atoms with Crippen LogP contribution in [0.15, 0.2) is 18.3 Å². The molecule has 0 aromatic carbocycles. The number of nitrogens with zero attached hydrogens (tertiary/aromatic N) is 1. The lowest BCUT2D eigenvalue weighted by atomic mass is 10.5. The summed E-state index contributed by atoms with van der Waals surface area (Å²) >= 11 is 5.33. The van der Waals surface area contributed by atoms with Crippen LogP contribution in [0.1, 0.15) is 0 Å². The van der Waals surface area contributed by atoms with Crippen LogP contribution < -0.4 is 0 Å². The Morgan fingerprint density at radius 3 is 2.18 bits per heavy atom. The van der Waals surface area contributed by atoms with E-state index >= 15 is 0 Å². The molecule has 1 nitrogen and oxygen atoms in total. The van der Waals surface area contributed by atoms with Crippen molar-refractivity contribution >= 4 is 11.6 Å². The molecule has 0 saturated heterocycles. The molecule has 0 fully saturated rings. The molecule has 0 N–H and O–H groups in total. The molecule has 1 aromatic rings. The second-order valence-corrected chi connectivity index (χ2v) is 1.79. The molecule has 0 radical (unpaired) electrons. The lowest BCUT2D eigenvalue weighted by molar-refractivity contribution is 0.295. The molecule has 0 bridgehead atoms. The Morgan fingerprint density at radius 1 is 1.36 bits per heavy atom. The third-order valence-corrected chi connectivity index (χ3v) is 0.915. The van der Waals surface area contributed by atoms with Gasteiger partial charge in [0.15, 0.2) is 0 Å². The minimum absolute atomic E-state index is 0.311. The Balaban J connectivity index is 0.000000292. The van der Waals surface area contributed by atoms with Crippen LogP contribution in [0, 0.1) is 5.82 Å². The summed E-state index contributed by atoms with van der Waals surface area (Å²) in [5.41, 5.74) is 0. The number of hydrogen-bond acceptors (Lipinski definition) is 1. The van der Waals surface area contributed by atoms with E-state index in [0.717, 1.165) is 6.20 Å². The topological polar surface area (TPSA) is 12.9 Å². The lowest BCUT2D eigenvalue weighted by Gasteiger charge is -1.84. The molecule has 1 rings (SSSR count). The highest BCUT2D eigenvalue weighted by Gasteiger charge is 1.86. The number of hydrogen-bond donors (Lipinski definition) is 0. The van der Waals surface area contributed by atoms with Gasteiger partial charge in [0, 0.05) is 0 Å². The Hall–Kier alpha value is -0.770. The first-order valence-electron chi connectivity index (χ1n) is 2.59. The van der Waals surface area contributed by atoms with Gasteiger partial charge in [-0.3, -0.25) is 0 Å². The number of alkyl halides is 2. The van der Waals surface area contributed by atoms with Crippen molar-refractivity contribution in [3.8, 4) is 0 Å². The molecule has 0 unspecified atom stereocenters. The van der Waals surface area contributed by atoms with Crippen molar-refractivity contribution in [3.63, 3.8) is 0 Å². The normalized spacial score (nSPS) is 8.36. The van der Waals surface area contributed by atoms with E-state index in [1.165, 1.54) is 12.1 Å². The summed E-state index contributed by atoms with van der Waals surface area (Å²) < 4.78 is 31.2. The largest absolute Gasteiger partial charge is 0.242 e. The van der Waals surface area contributed by atoms with Gasteiger partial charge < -0.3 is 0 Å². The molecule has 0 aliphatic heterocycles. The summed E-state index contributed by atoms with van der Waals surface area (Å²) in [6, 6.07) is 2.66. The van der Waals surface area contributed by atoms with Gasteiger partial charge in [-0.25, -0.2) is 18.2 Å². The average Bonchev–Trinajstić information content (AvgIpc) is 1.97. The number of pyridine rings is 1. The lowest BCUT2D eigenvalue weighted by Crippen LogP contribution is -1.74. The van der Waals surface area contributed by atoms with Gasteiger partial charge in [-0.2, -0.15) is 0 Å². The second kappa shape index (κ2) is 5.97. The fraction of sp³-hybridized carbons (Fsp3) is 0.167. The van der Waals surface area contributed by atoms with Crippen LogP contribution in [-0.2, 0) is 0 Å². The molecule has 11 heavy (non-hydrogen) atoms. The van der Waals surface area contributed by atoms with Gasteiger partial charge in [0.05, 0.1) is 6.20 Å². The molecule has 1 aromatic heterocycles. The minimum Gasteiger partial charge on any atom is -0.242 e. The zero-order valence-corrected chi connectivity index (χ0v) is 6.15. The molecule has 0 atom stereocenters. The van der Waals surface area contributed by atoms with Crippen molar-refractivity contribution in [2.24, 2.45) is 0 Å². The van der Waals surface area contributed by atoms with Crippen molar-refractivity contribution in [1.82, 2.24) is 4.98 Å². The predicted molar refractivity (Wildman–Crippen MR) is 36.3 cm³/mol. The maximum atomic E-state index is 12.0. The van der Waals surface area contributed by atoms with Crippen molar-refractivity contribution in [1.29, 1.82) is 0 Å². The first-order valence-corrected chi connectivity index (χ1v) is 2.97. The second-order valence-electron chi connectivity index (χ2n) is 1.40. The summed E-state index contributed by atoms with van der Waals surface area (Å²) in [5, 5.41) is 0.311. The van der Waals surface area contributed by atoms with Gasteiger partial charge in [-0.1, -0.05) is 11.6 Å². The molecule has 0 spiro atoms. The smallest absolute Gasteiger partial charge is 0.229 e. The summed E-state index contributed by atoms with van der Waals surface area (Å²) in [4.78, 5) is 3.47. The van der Waals surface area contributed by atoms with Gasteiger partial charge in [-0.15, -0.1) is 0 Å². The Labute approximate surface area is 66.8 Å². The fourth-order valence-corrected chi connectivity index (χ4v) is 0.470. The molecule has 0 aliphatic rings. The summed E-state index contributed by atoms with van der Waals surface area (Å²) in [6.45, 7) is -1.75. The third-order valence-electron chi connectivity index (χ3n) is 0.691. The SMILES string of the molecule is FCF.Fc1ccc(Cl)nc1. The highest BCUT2D eigenvalue weighted by Crippen LogP contribution is 2.02. The number of rotatable bonds is 0. The van der Waals surface area contributed by atoms with Crippen LogP contribution in [0.5, 0.6) is 0 Å². The van der Waals surface area contributed by atoms with Crippen molar-refractivity contribution in [3.05, 3.63) is 29.3 Å². The zero-order chi connectivity index (χ0) is 8.69. The Morgan fingerprint density at radius 2 is 1.91 bits per heavy atom. The van der Waals surface area contributed by atoms with E-state index in [9.17, 15) is 13.2 Å². The van der Waals surface area contributed by atoms with E-state index in [1.807, 2.05) is 0 Å². The molecular weight excluding hydrogens is 179 g/mol. The van der Waals surface area contributed by atoms with E-state index in [-0.39, 0.29) is 5.82 Å². The highest BCUT2D eigenvalue weighted by molar-refractivity contribution is 6.29. The molecule has 62 valence electrons. The minimum atomic E-state index is -1.75. The van der Waals surface area contributed by atoms with Gasteiger partial charge in [0.1, 0.15) is 11.0 Å². The highest BCUT2D eigenvalue weighted by atomic mass is 35.5. The first kappa shape index (κ1) is 10.2. The molecule has 0 aliphatic carbocycles. The first-order chi connectivity index (χ1) is 5.20. The van der Waals surface area contributed by atoms with Crippen molar-refractivity contribution in [2.45, 2.75) is 0 Å². The van der Waals surface area contributed by atoms with E-state index in [4.69, 9.17) is 11.6 Å². The molecule has 0 saturated carbocycles. The monoisotopic (exact) mass is 183 g/mol. The van der Waals surface area contributed by atoms with Crippen LogP contribution in [0.2, 0.25) is 5.15 Å². The molecule has 0 amide bonds. The molecular formula is C6H5ClF3N. The molecule has 5 heteroatoms. The number of halogens is 4. The Bertz CT molecular complexity index is 169. The van der Waals surface area contributed by atoms with Gasteiger partial charge >= 0.3 is 0 Å². The predicted octanol–water partition coefficient (Wildman–Crippen LogP) is 2.76. The standard InChI is InChI=1S/C5H3ClFN.CH2F2/c6-5-2-1-4(7)3-8-5;2-1-3/h1-3H;1H2. The summed E-state index contributed by atoms with van der Waals surface area (Å²) in [6.07, 6.45) is 1.07. The Kier molecular flexibility index (Phi) is 5.56. The number of aromatic nitrogens is 1.